The molecule has 0 aliphatic heterocycles. The van der Waals surface area contributed by atoms with Gasteiger partial charge in [0.2, 0.25) is 5.91 Å². The van der Waals surface area contributed by atoms with Gasteiger partial charge in [-0.1, -0.05) is 17.7 Å². The van der Waals surface area contributed by atoms with E-state index in [1.54, 1.807) is 12.4 Å². The highest BCUT2D eigenvalue weighted by molar-refractivity contribution is 5.89. The maximum Gasteiger partial charge on any atom is 0.221 e. The molecule has 25 heavy (non-hydrogen) atoms. The maximum absolute atomic E-state index is 11.1. The lowest BCUT2D eigenvalue weighted by molar-refractivity contribution is -0.114. The Morgan fingerprint density at radius 3 is 2.88 bits per heavy atom. The first-order chi connectivity index (χ1) is 12.1. The smallest absolute Gasteiger partial charge is 0.221 e. The van der Waals surface area contributed by atoms with E-state index in [9.17, 15) is 4.79 Å². The second-order valence-electron chi connectivity index (χ2n) is 5.73. The van der Waals surface area contributed by atoms with Crippen LogP contribution in [0, 0.1) is 6.92 Å². The van der Waals surface area contributed by atoms with E-state index in [1.807, 2.05) is 37.3 Å². The standard InChI is InChI=1S/C19H20N4O2/c1-13-6-7-18-17(10-13)19(22-12-21-18)20-8-9-25-16-5-3-4-15(11-16)23-14(2)24/h3-7,10-12H,8-9H2,1-2H3,(H,23,24)(H,20,21,22). The summed E-state index contributed by atoms with van der Waals surface area (Å²) in [5, 5.41) is 7.02. The molecule has 1 amide bonds. The van der Waals surface area contributed by atoms with Gasteiger partial charge >= 0.3 is 0 Å². The molecule has 2 aromatic carbocycles. The van der Waals surface area contributed by atoms with Crippen LogP contribution in [0.5, 0.6) is 5.75 Å². The molecule has 0 aliphatic rings. The van der Waals surface area contributed by atoms with Crippen LogP contribution in [0.1, 0.15) is 12.5 Å². The van der Waals surface area contributed by atoms with Crippen molar-refractivity contribution in [3.05, 3.63) is 54.4 Å². The van der Waals surface area contributed by atoms with Gasteiger partial charge in [0.05, 0.1) is 12.1 Å². The van der Waals surface area contributed by atoms with E-state index in [0.29, 0.717) is 18.9 Å². The van der Waals surface area contributed by atoms with Crippen molar-refractivity contribution >= 4 is 28.3 Å². The first-order valence-electron chi connectivity index (χ1n) is 8.07. The van der Waals surface area contributed by atoms with E-state index >= 15 is 0 Å². The minimum absolute atomic E-state index is 0.107. The van der Waals surface area contributed by atoms with Gasteiger partial charge in [-0.2, -0.15) is 0 Å². The summed E-state index contributed by atoms with van der Waals surface area (Å²) < 4.78 is 5.73. The molecule has 0 aliphatic carbocycles. The average molecular weight is 336 g/mol. The molecule has 0 saturated carbocycles. The zero-order valence-corrected chi connectivity index (χ0v) is 14.2. The number of benzene rings is 2. The molecular weight excluding hydrogens is 316 g/mol. The number of rotatable bonds is 6. The number of nitrogens with zero attached hydrogens (tertiary/aromatic N) is 2. The highest BCUT2D eigenvalue weighted by atomic mass is 16.5. The summed E-state index contributed by atoms with van der Waals surface area (Å²) in [5.74, 6) is 1.39. The monoisotopic (exact) mass is 336 g/mol. The molecule has 3 rings (SSSR count). The molecule has 6 nitrogen and oxygen atoms in total. The van der Waals surface area contributed by atoms with Crippen LogP contribution in [-0.2, 0) is 4.79 Å². The first kappa shape index (κ1) is 16.7. The van der Waals surface area contributed by atoms with Crippen LogP contribution in [0.2, 0.25) is 0 Å². The molecular formula is C19H20N4O2. The number of aryl methyl sites for hydroxylation is 1. The number of fused-ring (bicyclic) bond motifs is 1. The lowest BCUT2D eigenvalue weighted by atomic mass is 10.1. The summed E-state index contributed by atoms with van der Waals surface area (Å²) >= 11 is 0. The van der Waals surface area contributed by atoms with Crippen molar-refractivity contribution < 1.29 is 9.53 Å². The molecule has 6 heteroatoms. The second kappa shape index (κ2) is 7.61. The fourth-order valence-corrected chi connectivity index (χ4v) is 2.52. The van der Waals surface area contributed by atoms with Gasteiger partial charge in [0, 0.05) is 24.1 Å². The predicted octanol–water partition coefficient (Wildman–Crippen LogP) is 3.39. The predicted molar refractivity (Wildman–Crippen MR) is 99.0 cm³/mol. The van der Waals surface area contributed by atoms with E-state index in [-0.39, 0.29) is 5.91 Å². The van der Waals surface area contributed by atoms with Crippen molar-refractivity contribution in [2.24, 2.45) is 0 Å². The highest BCUT2D eigenvalue weighted by Gasteiger charge is 2.04. The summed E-state index contributed by atoms with van der Waals surface area (Å²) in [5.41, 5.74) is 2.79. The Balaban J connectivity index is 1.59. The Bertz CT molecular complexity index is 895. The molecule has 0 atom stereocenters. The van der Waals surface area contributed by atoms with Gasteiger partial charge in [-0.05, 0) is 31.2 Å². The number of aromatic nitrogens is 2. The largest absolute Gasteiger partial charge is 0.492 e. The third-order valence-electron chi connectivity index (χ3n) is 3.61. The van der Waals surface area contributed by atoms with Gasteiger partial charge < -0.3 is 15.4 Å². The summed E-state index contributed by atoms with van der Waals surface area (Å²) in [6, 6.07) is 13.4. The molecule has 1 aromatic heterocycles. The number of hydrogen-bond donors (Lipinski definition) is 2. The molecule has 0 fully saturated rings. The van der Waals surface area contributed by atoms with Gasteiger partial charge in [-0.15, -0.1) is 0 Å². The van der Waals surface area contributed by atoms with Crippen LogP contribution in [0.25, 0.3) is 10.9 Å². The number of nitrogens with one attached hydrogen (secondary N) is 2. The number of ether oxygens (including phenoxy) is 1. The van der Waals surface area contributed by atoms with E-state index < -0.39 is 0 Å². The van der Waals surface area contributed by atoms with Crippen molar-refractivity contribution in [1.82, 2.24) is 9.97 Å². The van der Waals surface area contributed by atoms with Gasteiger partial charge in [-0.25, -0.2) is 9.97 Å². The minimum atomic E-state index is -0.107. The Kier molecular flexibility index (Phi) is 5.09. The van der Waals surface area contributed by atoms with Crippen molar-refractivity contribution in [3.63, 3.8) is 0 Å². The van der Waals surface area contributed by atoms with Crippen LogP contribution < -0.4 is 15.4 Å². The van der Waals surface area contributed by atoms with Crippen LogP contribution >= 0.6 is 0 Å². The highest BCUT2D eigenvalue weighted by Crippen LogP contribution is 2.20. The topological polar surface area (TPSA) is 76.1 Å². The van der Waals surface area contributed by atoms with Gasteiger partial charge in [0.15, 0.2) is 0 Å². The van der Waals surface area contributed by atoms with E-state index in [2.05, 4.69) is 26.7 Å². The Hall–Kier alpha value is -3.15. The molecule has 0 saturated heterocycles. The molecule has 3 aromatic rings. The van der Waals surface area contributed by atoms with E-state index in [0.717, 1.165) is 28.0 Å². The van der Waals surface area contributed by atoms with E-state index in [4.69, 9.17) is 4.74 Å². The van der Waals surface area contributed by atoms with Crippen molar-refractivity contribution in [1.29, 1.82) is 0 Å². The number of anilines is 2. The van der Waals surface area contributed by atoms with Crippen LogP contribution in [0.15, 0.2) is 48.8 Å². The van der Waals surface area contributed by atoms with Gasteiger partial charge in [0.1, 0.15) is 24.5 Å². The molecule has 128 valence electrons. The minimum Gasteiger partial charge on any atom is -0.492 e. The zero-order valence-electron chi connectivity index (χ0n) is 14.2. The third kappa shape index (κ3) is 4.44. The molecule has 1 heterocycles. The van der Waals surface area contributed by atoms with Gasteiger partial charge in [0.25, 0.3) is 0 Å². The van der Waals surface area contributed by atoms with Crippen molar-refractivity contribution in [3.8, 4) is 5.75 Å². The first-order valence-corrected chi connectivity index (χ1v) is 8.07. The summed E-state index contributed by atoms with van der Waals surface area (Å²) in [4.78, 5) is 19.7. The number of amides is 1. The fourth-order valence-electron chi connectivity index (χ4n) is 2.52. The summed E-state index contributed by atoms with van der Waals surface area (Å²) in [6.07, 6.45) is 1.55. The van der Waals surface area contributed by atoms with E-state index in [1.165, 1.54) is 6.92 Å². The summed E-state index contributed by atoms with van der Waals surface area (Å²) in [6.45, 7) is 4.60. The van der Waals surface area contributed by atoms with Crippen LogP contribution in [0.3, 0.4) is 0 Å². The third-order valence-corrected chi connectivity index (χ3v) is 3.61. The Labute approximate surface area is 146 Å². The normalized spacial score (nSPS) is 10.5. The number of hydrogen-bond acceptors (Lipinski definition) is 5. The van der Waals surface area contributed by atoms with Crippen LogP contribution in [0.4, 0.5) is 11.5 Å². The van der Waals surface area contributed by atoms with Crippen molar-refractivity contribution in [2.75, 3.05) is 23.8 Å². The second-order valence-corrected chi connectivity index (χ2v) is 5.73. The number of carbonyl (C=O) groups is 1. The molecule has 0 unspecified atom stereocenters. The molecule has 0 spiro atoms. The lowest BCUT2D eigenvalue weighted by Crippen LogP contribution is -2.13. The van der Waals surface area contributed by atoms with Crippen molar-refractivity contribution in [2.45, 2.75) is 13.8 Å². The number of carbonyl (C=O) groups excluding carboxylic acids is 1. The Morgan fingerprint density at radius 2 is 2.04 bits per heavy atom. The average Bonchev–Trinajstić information content (AvgIpc) is 2.58. The molecule has 0 radical (unpaired) electrons. The van der Waals surface area contributed by atoms with Gasteiger partial charge in [-0.3, -0.25) is 4.79 Å². The maximum atomic E-state index is 11.1. The Morgan fingerprint density at radius 1 is 1.16 bits per heavy atom. The SMILES string of the molecule is CC(=O)Nc1cccc(OCCNc2ncnc3ccc(C)cc23)c1. The molecule has 0 bridgehead atoms. The quantitative estimate of drug-likeness (QED) is 0.675. The zero-order chi connectivity index (χ0) is 17.6. The molecule has 2 N–H and O–H groups in total. The van der Waals surface area contributed by atoms with Crippen LogP contribution in [-0.4, -0.2) is 29.0 Å². The summed E-state index contributed by atoms with van der Waals surface area (Å²) in [7, 11) is 0. The fraction of sp³-hybridized carbons (Fsp3) is 0.211. The lowest BCUT2D eigenvalue weighted by Gasteiger charge is -2.11.